The topological polar surface area (TPSA) is 81.2 Å². The summed E-state index contributed by atoms with van der Waals surface area (Å²) in [7, 11) is 0. The van der Waals surface area contributed by atoms with Crippen LogP contribution in [0.1, 0.15) is 29.5 Å². The molecule has 0 unspecified atom stereocenters. The van der Waals surface area contributed by atoms with Crippen molar-refractivity contribution < 1.29 is 31.9 Å². The van der Waals surface area contributed by atoms with Crippen molar-refractivity contribution in [3.63, 3.8) is 0 Å². The Hall–Kier alpha value is -3.82. The number of amides is 1. The lowest BCUT2D eigenvalue weighted by molar-refractivity contribution is -0.137. The highest BCUT2D eigenvalue weighted by molar-refractivity contribution is 5.93. The van der Waals surface area contributed by atoms with Crippen molar-refractivity contribution in [2.45, 2.75) is 31.9 Å². The van der Waals surface area contributed by atoms with Crippen molar-refractivity contribution >= 4 is 17.5 Å². The van der Waals surface area contributed by atoms with Crippen molar-refractivity contribution in [1.82, 2.24) is 9.97 Å². The highest BCUT2D eigenvalue weighted by atomic mass is 19.4. The smallest absolute Gasteiger partial charge is 0.416 e. The van der Waals surface area contributed by atoms with Crippen LogP contribution in [-0.4, -0.2) is 21.7 Å². The summed E-state index contributed by atoms with van der Waals surface area (Å²) in [5.74, 6) is -1.15. The number of hydrogen-bond acceptors (Lipinski definition) is 5. The second-order valence-corrected chi connectivity index (χ2v) is 7.96. The normalized spacial score (nSPS) is 13.4. The van der Waals surface area contributed by atoms with E-state index in [9.17, 15) is 27.2 Å². The largest absolute Gasteiger partial charge is 0.436 e. The Labute approximate surface area is 192 Å². The molecule has 34 heavy (non-hydrogen) atoms. The van der Waals surface area contributed by atoms with Gasteiger partial charge in [0.15, 0.2) is 11.6 Å². The first-order chi connectivity index (χ1) is 16.2. The summed E-state index contributed by atoms with van der Waals surface area (Å²) in [6.45, 7) is 0. The number of rotatable bonds is 8. The Morgan fingerprint density at radius 2 is 1.74 bits per heavy atom. The van der Waals surface area contributed by atoms with Gasteiger partial charge >= 0.3 is 6.18 Å². The second kappa shape index (κ2) is 9.58. The molecule has 1 saturated carbocycles. The van der Waals surface area contributed by atoms with Gasteiger partial charge in [-0.2, -0.15) is 13.2 Å². The van der Waals surface area contributed by atoms with Gasteiger partial charge in [0.2, 0.25) is 11.8 Å². The molecular formula is C24H19F4N3O3. The predicted octanol–water partition coefficient (Wildman–Crippen LogP) is 5.13. The number of benzene rings is 2. The average Bonchev–Trinajstić information content (AvgIpc) is 3.61. The number of hydrogen-bond donors (Lipinski definition) is 1. The molecule has 2 aromatic carbocycles. The first-order valence-corrected chi connectivity index (χ1v) is 10.4. The zero-order valence-corrected chi connectivity index (χ0v) is 17.7. The van der Waals surface area contributed by atoms with E-state index in [0.29, 0.717) is 5.56 Å². The molecule has 0 atom stereocenters. The van der Waals surface area contributed by atoms with Crippen LogP contribution in [-0.2, 0) is 28.6 Å². The number of halogens is 4. The van der Waals surface area contributed by atoms with Crippen molar-refractivity contribution in [2.24, 2.45) is 5.92 Å². The fourth-order valence-electron chi connectivity index (χ4n) is 3.26. The zero-order valence-electron chi connectivity index (χ0n) is 17.7. The molecule has 1 heterocycles. The van der Waals surface area contributed by atoms with Crippen LogP contribution >= 0.6 is 0 Å². The Morgan fingerprint density at radius 1 is 1.00 bits per heavy atom. The molecule has 6 nitrogen and oxygen atoms in total. The number of anilines is 1. The van der Waals surface area contributed by atoms with Crippen molar-refractivity contribution in [3.05, 3.63) is 77.4 Å². The SMILES string of the molecule is O=C(Cc1cccc(C(F)(F)F)c1)Cc1ccc(Oc2cc(NC(=O)C3CC3)ncn2)c(F)c1. The maximum absolute atomic E-state index is 14.5. The van der Waals surface area contributed by atoms with Crippen LogP contribution < -0.4 is 10.1 Å². The minimum Gasteiger partial charge on any atom is -0.436 e. The molecular weight excluding hydrogens is 454 g/mol. The molecule has 176 valence electrons. The fourth-order valence-corrected chi connectivity index (χ4v) is 3.26. The molecule has 10 heteroatoms. The van der Waals surface area contributed by atoms with E-state index in [-0.39, 0.29) is 53.5 Å². The van der Waals surface area contributed by atoms with Crippen LogP contribution in [0.4, 0.5) is 23.4 Å². The third-order valence-electron chi connectivity index (χ3n) is 5.11. The molecule has 0 bridgehead atoms. The lowest BCUT2D eigenvalue weighted by Gasteiger charge is -2.10. The van der Waals surface area contributed by atoms with Gasteiger partial charge in [0.05, 0.1) is 5.56 Å². The maximum Gasteiger partial charge on any atom is 0.416 e. The third-order valence-corrected chi connectivity index (χ3v) is 5.11. The number of carbonyl (C=O) groups is 2. The number of Topliss-reactive ketones (excluding diaryl/α,β-unsaturated/α-hetero) is 1. The molecule has 3 aromatic rings. The summed E-state index contributed by atoms with van der Waals surface area (Å²) in [6, 6.07) is 9.85. The monoisotopic (exact) mass is 473 g/mol. The van der Waals surface area contributed by atoms with E-state index in [1.807, 2.05) is 0 Å². The number of aromatic nitrogens is 2. The maximum atomic E-state index is 14.5. The molecule has 0 radical (unpaired) electrons. The predicted molar refractivity (Wildman–Crippen MR) is 114 cm³/mol. The number of nitrogens with one attached hydrogen (secondary N) is 1. The summed E-state index contributed by atoms with van der Waals surface area (Å²) < 4.78 is 58.5. The molecule has 1 N–H and O–H groups in total. The summed E-state index contributed by atoms with van der Waals surface area (Å²) >= 11 is 0. The highest BCUT2D eigenvalue weighted by Crippen LogP contribution is 2.31. The lowest BCUT2D eigenvalue weighted by Crippen LogP contribution is -2.14. The fraction of sp³-hybridized carbons (Fsp3) is 0.250. The zero-order chi connectivity index (χ0) is 24.3. The van der Waals surface area contributed by atoms with Gasteiger partial charge in [-0.3, -0.25) is 9.59 Å². The second-order valence-electron chi connectivity index (χ2n) is 7.96. The van der Waals surface area contributed by atoms with Gasteiger partial charge in [-0.1, -0.05) is 24.3 Å². The number of nitrogens with zero attached hydrogens (tertiary/aromatic N) is 2. The van der Waals surface area contributed by atoms with Crippen molar-refractivity contribution in [1.29, 1.82) is 0 Å². The first-order valence-electron chi connectivity index (χ1n) is 10.4. The van der Waals surface area contributed by atoms with Crippen LogP contribution in [0.3, 0.4) is 0 Å². The van der Waals surface area contributed by atoms with E-state index in [0.717, 1.165) is 31.0 Å². The molecule has 0 spiro atoms. The van der Waals surface area contributed by atoms with Gasteiger partial charge < -0.3 is 10.1 Å². The van der Waals surface area contributed by atoms with Crippen LogP contribution in [0.5, 0.6) is 11.6 Å². The Bertz CT molecular complexity index is 1230. The molecule has 1 aliphatic carbocycles. The van der Waals surface area contributed by atoms with E-state index < -0.39 is 17.6 Å². The van der Waals surface area contributed by atoms with Gasteiger partial charge in [0, 0.05) is 24.8 Å². The molecule has 1 fully saturated rings. The van der Waals surface area contributed by atoms with E-state index in [4.69, 9.17) is 4.74 Å². The Balaban J connectivity index is 1.38. The van der Waals surface area contributed by atoms with E-state index in [1.54, 1.807) is 0 Å². The molecule has 0 aliphatic heterocycles. The standard InChI is InChI=1S/C24H19F4N3O3/c25-19-11-15(10-18(32)9-14-2-1-3-17(8-14)24(26,27)28)4-7-20(19)34-22-12-21(29-13-30-22)31-23(33)16-5-6-16/h1-4,7-8,11-13,16H,5-6,9-10H2,(H,29,30,31,33). The molecule has 1 aromatic heterocycles. The van der Waals surface area contributed by atoms with Crippen LogP contribution in [0.2, 0.25) is 0 Å². The van der Waals surface area contributed by atoms with E-state index >= 15 is 0 Å². The summed E-state index contributed by atoms with van der Waals surface area (Å²) in [6.07, 6.45) is -2.01. The van der Waals surface area contributed by atoms with Crippen molar-refractivity contribution in [2.75, 3.05) is 5.32 Å². The number of carbonyl (C=O) groups excluding carboxylic acids is 2. The van der Waals surface area contributed by atoms with E-state index in [2.05, 4.69) is 15.3 Å². The molecule has 1 aliphatic rings. The summed E-state index contributed by atoms with van der Waals surface area (Å²) in [5, 5.41) is 2.64. The number of ketones is 1. The van der Waals surface area contributed by atoms with Crippen LogP contribution in [0.15, 0.2) is 54.9 Å². The third kappa shape index (κ3) is 6.15. The van der Waals surface area contributed by atoms with Gasteiger partial charge in [-0.05, 0) is 42.2 Å². The average molecular weight is 473 g/mol. The van der Waals surface area contributed by atoms with Crippen molar-refractivity contribution in [3.8, 4) is 11.6 Å². The summed E-state index contributed by atoms with van der Waals surface area (Å²) in [4.78, 5) is 32.0. The van der Waals surface area contributed by atoms with Gasteiger partial charge in [-0.25, -0.2) is 14.4 Å². The number of alkyl halides is 3. The van der Waals surface area contributed by atoms with Crippen LogP contribution in [0.25, 0.3) is 0 Å². The molecule has 4 rings (SSSR count). The number of ether oxygens (including phenoxy) is 1. The summed E-state index contributed by atoms with van der Waals surface area (Å²) in [5.41, 5.74) is -0.249. The minimum absolute atomic E-state index is 0.0133. The van der Waals surface area contributed by atoms with Gasteiger partial charge in [0.25, 0.3) is 0 Å². The van der Waals surface area contributed by atoms with Gasteiger partial charge in [-0.15, -0.1) is 0 Å². The molecule has 1 amide bonds. The molecule has 0 saturated heterocycles. The quantitative estimate of drug-likeness (QED) is 0.459. The Kier molecular flexibility index (Phi) is 6.58. The highest BCUT2D eigenvalue weighted by Gasteiger charge is 2.31. The Morgan fingerprint density at radius 3 is 2.41 bits per heavy atom. The van der Waals surface area contributed by atoms with Crippen LogP contribution in [0, 0.1) is 11.7 Å². The first kappa shape index (κ1) is 23.3. The van der Waals surface area contributed by atoms with E-state index in [1.165, 1.54) is 36.7 Å². The lowest BCUT2D eigenvalue weighted by atomic mass is 10.0. The van der Waals surface area contributed by atoms with Gasteiger partial charge in [0.1, 0.15) is 17.9 Å². The minimum atomic E-state index is -4.49.